The first-order valence-corrected chi connectivity index (χ1v) is 8.73. The molecule has 0 fully saturated rings. The molecular weight excluding hydrogens is 329 g/mol. The Labute approximate surface area is 155 Å². The van der Waals surface area contributed by atoms with Gasteiger partial charge >= 0.3 is 0 Å². The summed E-state index contributed by atoms with van der Waals surface area (Å²) in [4.78, 5) is 2.06. The van der Waals surface area contributed by atoms with Gasteiger partial charge in [0, 0.05) is 12.5 Å². The molecule has 3 nitrogen and oxygen atoms in total. The van der Waals surface area contributed by atoms with Crippen molar-refractivity contribution < 1.29 is 14.2 Å². The maximum atomic E-state index is 13.2. The zero-order valence-electron chi connectivity index (χ0n) is 16.2. The van der Waals surface area contributed by atoms with Gasteiger partial charge in [0.25, 0.3) is 0 Å². The number of rotatable bonds is 7. The van der Waals surface area contributed by atoms with E-state index in [4.69, 9.17) is 4.74 Å². The van der Waals surface area contributed by atoms with Crippen LogP contribution in [0.4, 0.5) is 4.39 Å². The summed E-state index contributed by atoms with van der Waals surface area (Å²) in [7, 11) is 5.59. The van der Waals surface area contributed by atoms with Gasteiger partial charge in [-0.05, 0) is 62.0 Å². The Bertz CT molecular complexity index is 755. The molecule has 0 heterocycles. The molecule has 0 spiro atoms. The fraction of sp³-hybridized carbons (Fsp3) is 0.364. The SMILES string of the molecule is COc1cccc(C(O)(/C(C)=C/c2ccc(F)cc2)C(C)CN(C)C)c1. The molecule has 26 heavy (non-hydrogen) atoms. The Balaban J connectivity index is 2.53. The van der Waals surface area contributed by atoms with Crippen LogP contribution >= 0.6 is 0 Å². The summed E-state index contributed by atoms with van der Waals surface area (Å²) in [5.41, 5.74) is 1.25. The topological polar surface area (TPSA) is 32.7 Å². The predicted octanol–water partition coefficient (Wildman–Crippen LogP) is 4.32. The molecule has 4 heteroatoms. The number of methoxy groups -OCH3 is 1. The fourth-order valence-corrected chi connectivity index (χ4v) is 3.36. The normalized spacial score (nSPS) is 15.6. The molecule has 0 amide bonds. The van der Waals surface area contributed by atoms with Crippen molar-refractivity contribution in [3.8, 4) is 5.75 Å². The number of halogens is 1. The second-order valence-corrected chi connectivity index (χ2v) is 7.04. The Morgan fingerprint density at radius 1 is 1.23 bits per heavy atom. The molecule has 2 rings (SSSR count). The molecule has 2 atom stereocenters. The average molecular weight is 357 g/mol. The van der Waals surface area contributed by atoms with Gasteiger partial charge in [-0.15, -0.1) is 0 Å². The van der Waals surface area contributed by atoms with Crippen LogP contribution in [0.25, 0.3) is 6.08 Å². The highest BCUT2D eigenvalue weighted by atomic mass is 19.1. The van der Waals surface area contributed by atoms with E-state index in [9.17, 15) is 9.50 Å². The van der Waals surface area contributed by atoms with E-state index < -0.39 is 5.60 Å². The smallest absolute Gasteiger partial charge is 0.123 e. The van der Waals surface area contributed by atoms with Crippen LogP contribution in [0.15, 0.2) is 54.1 Å². The van der Waals surface area contributed by atoms with Crippen molar-refractivity contribution in [1.29, 1.82) is 0 Å². The van der Waals surface area contributed by atoms with Gasteiger partial charge in [-0.25, -0.2) is 4.39 Å². The molecule has 2 aromatic carbocycles. The maximum absolute atomic E-state index is 13.2. The van der Waals surface area contributed by atoms with Crippen LogP contribution in [0.2, 0.25) is 0 Å². The van der Waals surface area contributed by atoms with Crippen LogP contribution < -0.4 is 4.74 Å². The molecule has 0 radical (unpaired) electrons. The lowest BCUT2D eigenvalue weighted by atomic mass is 9.76. The minimum atomic E-state index is -1.17. The summed E-state index contributed by atoms with van der Waals surface area (Å²) in [5.74, 6) is 0.359. The van der Waals surface area contributed by atoms with Crippen molar-refractivity contribution >= 4 is 6.08 Å². The first-order chi connectivity index (χ1) is 12.3. The van der Waals surface area contributed by atoms with E-state index >= 15 is 0 Å². The van der Waals surface area contributed by atoms with Crippen molar-refractivity contribution in [3.63, 3.8) is 0 Å². The molecule has 2 aromatic rings. The number of benzene rings is 2. The number of aliphatic hydroxyl groups is 1. The zero-order valence-corrected chi connectivity index (χ0v) is 16.2. The molecular formula is C22H28FNO2. The van der Waals surface area contributed by atoms with Gasteiger partial charge in [0.1, 0.15) is 17.2 Å². The van der Waals surface area contributed by atoms with Crippen LogP contribution in [0.1, 0.15) is 25.0 Å². The molecule has 1 N–H and O–H groups in total. The molecule has 0 aliphatic heterocycles. The van der Waals surface area contributed by atoms with E-state index in [1.807, 2.05) is 58.3 Å². The first kappa shape index (κ1) is 20.1. The number of hydrogen-bond donors (Lipinski definition) is 1. The summed E-state index contributed by atoms with van der Waals surface area (Å²) in [6.07, 6.45) is 1.91. The standard InChI is InChI=1S/C22H28FNO2/c1-16(13-18-9-11-20(23)12-10-18)22(25,17(2)15-24(3)4)19-7-6-8-21(14-19)26-5/h6-14,17,25H,15H2,1-5H3/b16-13+. The van der Waals surface area contributed by atoms with Crippen LogP contribution in [0.3, 0.4) is 0 Å². The molecule has 0 aliphatic carbocycles. The molecule has 140 valence electrons. The Morgan fingerprint density at radius 2 is 1.88 bits per heavy atom. The second-order valence-electron chi connectivity index (χ2n) is 7.04. The van der Waals surface area contributed by atoms with Crippen LogP contribution in [0.5, 0.6) is 5.75 Å². The van der Waals surface area contributed by atoms with E-state index in [1.165, 1.54) is 12.1 Å². The van der Waals surface area contributed by atoms with Gasteiger partial charge in [-0.2, -0.15) is 0 Å². The van der Waals surface area contributed by atoms with E-state index in [0.29, 0.717) is 12.3 Å². The summed E-state index contributed by atoms with van der Waals surface area (Å²) in [6.45, 7) is 4.65. The monoisotopic (exact) mass is 357 g/mol. The van der Waals surface area contributed by atoms with Crippen molar-refractivity contribution in [2.45, 2.75) is 19.4 Å². The minimum Gasteiger partial charge on any atom is -0.497 e. The lowest BCUT2D eigenvalue weighted by Gasteiger charge is -2.37. The summed E-state index contributed by atoms with van der Waals surface area (Å²) in [5, 5.41) is 11.8. The third kappa shape index (κ3) is 4.51. The molecule has 2 unspecified atom stereocenters. The maximum Gasteiger partial charge on any atom is 0.123 e. The fourth-order valence-electron chi connectivity index (χ4n) is 3.36. The van der Waals surface area contributed by atoms with Crippen molar-refractivity contribution in [3.05, 3.63) is 71.0 Å². The highest BCUT2D eigenvalue weighted by Gasteiger charge is 2.38. The summed E-state index contributed by atoms with van der Waals surface area (Å²) in [6, 6.07) is 13.8. The molecule has 0 aromatic heterocycles. The zero-order chi connectivity index (χ0) is 19.3. The highest BCUT2D eigenvalue weighted by Crippen LogP contribution is 2.39. The molecule has 0 saturated heterocycles. The number of hydrogen-bond acceptors (Lipinski definition) is 3. The summed E-state index contributed by atoms with van der Waals surface area (Å²) < 4.78 is 18.5. The lowest BCUT2D eigenvalue weighted by Crippen LogP contribution is -2.40. The van der Waals surface area contributed by atoms with Crippen molar-refractivity contribution in [1.82, 2.24) is 4.90 Å². The third-order valence-electron chi connectivity index (χ3n) is 4.72. The summed E-state index contributed by atoms with van der Waals surface area (Å²) >= 11 is 0. The Kier molecular flexibility index (Phi) is 6.57. The Hall–Kier alpha value is -2.17. The van der Waals surface area contributed by atoms with Gasteiger partial charge in [-0.1, -0.05) is 37.3 Å². The van der Waals surface area contributed by atoms with E-state index in [2.05, 4.69) is 4.90 Å². The molecule has 0 saturated carbocycles. The lowest BCUT2D eigenvalue weighted by molar-refractivity contribution is 0.0104. The van der Waals surface area contributed by atoms with Crippen LogP contribution in [0, 0.1) is 11.7 Å². The first-order valence-electron chi connectivity index (χ1n) is 8.73. The Morgan fingerprint density at radius 3 is 2.46 bits per heavy atom. The van der Waals surface area contributed by atoms with Gasteiger partial charge in [0.15, 0.2) is 0 Å². The highest BCUT2D eigenvalue weighted by molar-refractivity contribution is 5.56. The van der Waals surface area contributed by atoms with Gasteiger partial charge in [-0.3, -0.25) is 0 Å². The van der Waals surface area contributed by atoms with Gasteiger partial charge < -0.3 is 14.7 Å². The van der Waals surface area contributed by atoms with E-state index in [-0.39, 0.29) is 11.7 Å². The van der Waals surface area contributed by atoms with Crippen molar-refractivity contribution in [2.75, 3.05) is 27.7 Å². The quantitative estimate of drug-likeness (QED) is 0.801. The number of ether oxygens (including phenoxy) is 1. The largest absolute Gasteiger partial charge is 0.497 e. The molecule has 0 aliphatic rings. The van der Waals surface area contributed by atoms with E-state index in [0.717, 1.165) is 16.7 Å². The van der Waals surface area contributed by atoms with Crippen molar-refractivity contribution in [2.24, 2.45) is 5.92 Å². The van der Waals surface area contributed by atoms with E-state index in [1.54, 1.807) is 19.2 Å². The van der Waals surface area contributed by atoms with Crippen LogP contribution in [-0.4, -0.2) is 37.8 Å². The predicted molar refractivity (Wildman–Crippen MR) is 105 cm³/mol. The molecule has 0 bridgehead atoms. The number of nitrogens with zero attached hydrogens (tertiary/aromatic N) is 1. The van der Waals surface area contributed by atoms with Gasteiger partial charge in [0.2, 0.25) is 0 Å². The second kappa shape index (κ2) is 8.47. The average Bonchev–Trinajstić information content (AvgIpc) is 2.62. The minimum absolute atomic E-state index is 0.0682. The van der Waals surface area contributed by atoms with Gasteiger partial charge in [0.05, 0.1) is 7.11 Å². The third-order valence-corrected chi connectivity index (χ3v) is 4.72. The van der Waals surface area contributed by atoms with Crippen LogP contribution in [-0.2, 0) is 5.60 Å².